The Labute approximate surface area is 137 Å². The van der Waals surface area contributed by atoms with Gasteiger partial charge in [-0.05, 0) is 42.5 Å². The van der Waals surface area contributed by atoms with Crippen molar-refractivity contribution in [1.82, 2.24) is 5.32 Å². The summed E-state index contributed by atoms with van der Waals surface area (Å²) in [5, 5.41) is 16.2. The van der Waals surface area contributed by atoms with Crippen molar-refractivity contribution in [1.29, 1.82) is 0 Å². The first kappa shape index (κ1) is 16.4. The smallest absolute Gasteiger partial charge is 0.282 e. The molecule has 23 heavy (non-hydrogen) atoms. The molecule has 0 fully saturated rings. The van der Waals surface area contributed by atoms with Crippen LogP contribution in [0.25, 0.3) is 0 Å². The van der Waals surface area contributed by atoms with E-state index in [2.05, 4.69) is 10.6 Å². The Kier molecular flexibility index (Phi) is 5.21. The highest BCUT2D eigenvalue weighted by atomic mass is 32.1. The van der Waals surface area contributed by atoms with E-state index in [1.807, 2.05) is 0 Å². The van der Waals surface area contributed by atoms with Crippen LogP contribution in [0.15, 0.2) is 48.5 Å². The van der Waals surface area contributed by atoms with Gasteiger partial charge in [0.1, 0.15) is 11.3 Å². The molecule has 0 aromatic heterocycles. The van der Waals surface area contributed by atoms with Gasteiger partial charge in [0.2, 0.25) is 0 Å². The van der Waals surface area contributed by atoms with Gasteiger partial charge in [0.05, 0.1) is 12.0 Å². The molecule has 0 unspecified atom stereocenters. The van der Waals surface area contributed by atoms with Crippen molar-refractivity contribution in [3.05, 3.63) is 64.2 Å². The van der Waals surface area contributed by atoms with Gasteiger partial charge in [0, 0.05) is 11.8 Å². The van der Waals surface area contributed by atoms with E-state index in [-0.39, 0.29) is 16.4 Å². The van der Waals surface area contributed by atoms with Crippen LogP contribution in [0.2, 0.25) is 0 Å². The zero-order valence-electron chi connectivity index (χ0n) is 12.1. The van der Waals surface area contributed by atoms with Crippen LogP contribution in [0.5, 0.6) is 5.75 Å². The molecule has 0 saturated heterocycles. The Balaban J connectivity index is 2.05. The molecule has 0 radical (unpaired) electrons. The molecule has 0 aliphatic heterocycles. The number of benzene rings is 2. The molecule has 1 amide bonds. The number of nitrogens with one attached hydrogen (secondary N) is 2. The van der Waals surface area contributed by atoms with Crippen LogP contribution in [0.1, 0.15) is 10.4 Å². The van der Waals surface area contributed by atoms with Gasteiger partial charge in [-0.1, -0.05) is 12.1 Å². The molecule has 0 heterocycles. The Bertz CT molecular complexity index is 747. The predicted octanol–water partition coefficient (Wildman–Crippen LogP) is 2.73. The minimum absolute atomic E-state index is 0.0401. The lowest BCUT2D eigenvalue weighted by Gasteiger charge is -2.10. The fraction of sp³-hybridized carbons (Fsp3) is 0.0667. The van der Waals surface area contributed by atoms with Crippen LogP contribution < -0.4 is 15.4 Å². The molecule has 2 aromatic rings. The van der Waals surface area contributed by atoms with Gasteiger partial charge >= 0.3 is 0 Å². The van der Waals surface area contributed by atoms with Gasteiger partial charge in [0.25, 0.3) is 11.6 Å². The number of hydrogen-bond acceptors (Lipinski definition) is 5. The number of thiocarbonyl (C=S) groups is 1. The van der Waals surface area contributed by atoms with Crippen LogP contribution in [-0.4, -0.2) is 23.1 Å². The maximum absolute atomic E-state index is 12.1. The maximum Gasteiger partial charge on any atom is 0.282 e. The molecule has 2 aromatic carbocycles. The monoisotopic (exact) mass is 331 g/mol. The summed E-state index contributed by atoms with van der Waals surface area (Å²) in [6, 6.07) is 12.6. The Morgan fingerprint density at radius 1 is 1.17 bits per heavy atom. The topological polar surface area (TPSA) is 93.5 Å². The van der Waals surface area contributed by atoms with Gasteiger partial charge in [-0.25, -0.2) is 0 Å². The summed E-state index contributed by atoms with van der Waals surface area (Å²) in [4.78, 5) is 22.4. The van der Waals surface area contributed by atoms with E-state index in [9.17, 15) is 14.9 Å². The van der Waals surface area contributed by atoms with Gasteiger partial charge in [-0.3, -0.25) is 20.2 Å². The highest BCUT2D eigenvalue weighted by Gasteiger charge is 2.19. The molecule has 8 heteroatoms. The molecule has 0 saturated carbocycles. The molecule has 0 aliphatic carbocycles. The number of ether oxygens (including phenoxy) is 1. The first-order chi connectivity index (χ1) is 11.0. The van der Waals surface area contributed by atoms with E-state index in [1.165, 1.54) is 18.2 Å². The third-order valence-electron chi connectivity index (χ3n) is 2.92. The average molecular weight is 331 g/mol. The molecular formula is C15H13N3O4S. The number of carbonyl (C=O) groups excluding carboxylic acids is 1. The minimum Gasteiger partial charge on any atom is -0.497 e. The second kappa shape index (κ2) is 7.32. The van der Waals surface area contributed by atoms with E-state index in [1.54, 1.807) is 37.4 Å². The number of rotatable bonds is 4. The number of nitro benzene ring substituents is 1. The lowest BCUT2D eigenvalue weighted by atomic mass is 10.1. The third kappa shape index (κ3) is 4.24. The summed E-state index contributed by atoms with van der Waals surface area (Å²) in [5.74, 6) is 0.0359. The van der Waals surface area contributed by atoms with E-state index in [4.69, 9.17) is 17.0 Å². The standard InChI is InChI=1S/C15H13N3O4S/c1-22-11-8-6-10(7-9-11)16-15(23)17-14(19)12-4-2-3-5-13(12)18(20)21/h2-9H,1H3,(H2,16,17,19,23). The van der Waals surface area contributed by atoms with E-state index >= 15 is 0 Å². The van der Waals surface area contributed by atoms with Gasteiger partial charge in [0.15, 0.2) is 5.11 Å². The summed E-state index contributed by atoms with van der Waals surface area (Å²) < 4.78 is 5.04. The number of hydrogen-bond donors (Lipinski definition) is 2. The molecule has 7 nitrogen and oxygen atoms in total. The molecule has 2 N–H and O–H groups in total. The zero-order valence-corrected chi connectivity index (χ0v) is 12.9. The summed E-state index contributed by atoms with van der Waals surface area (Å²) in [6.45, 7) is 0. The lowest BCUT2D eigenvalue weighted by molar-refractivity contribution is -0.385. The van der Waals surface area contributed by atoms with Gasteiger partial charge in [-0.15, -0.1) is 0 Å². The van der Waals surface area contributed by atoms with Gasteiger partial charge in [-0.2, -0.15) is 0 Å². The quantitative estimate of drug-likeness (QED) is 0.508. The summed E-state index contributed by atoms with van der Waals surface area (Å²) in [5.41, 5.74) is 0.312. The SMILES string of the molecule is COc1ccc(NC(=S)NC(=O)c2ccccc2[N+](=O)[O-])cc1. The van der Waals surface area contributed by atoms with E-state index in [0.717, 1.165) is 0 Å². The van der Waals surface area contributed by atoms with Crippen molar-refractivity contribution in [3.8, 4) is 5.75 Å². The number of amides is 1. The van der Waals surface area contributed by atoms with E-state index < -0.39 is 10.8 Å². The largest absolute Gasteiger partial charge is 0.497 e. The Morgan fingerprint density at radius 3 is 2.43 bits per heavy atom. The molecule has 0 bridgehead atoms. The predicted molar refractivity (Wildman–Crippen MR) is 89.8 cm³/mol. The molecule has 0 atom stereocenters. The van der Waals surface area contributed by atoms with E-state index in [0.29, 0.717) is 11.4 Å². The number of carbonyl (C=O) groups is 1. The van der Waals surface area contributed by atoms with Crippen LogP contribution in [0, 0.1) is 10.1 Å². The fourth-order valence-corrected chi connectivity index (χ4v) is 2.04. The number of anilines is 1. The number of para-hydroxylation sites is 1. The Hall–Kier alpha value is -3.00. The zero-order chi connectivity index (χ0) is 16.8. The lowest BCUT2D eigenvalue weighted by Crippen LogP contribution is -2.34. The highest BCUT2D eigenvalue weighted by Crippen LogP contribution is 2.18. The van der Waals surface area contributed by atoms with Gasteiger partial charge < -0.3 is 10.1 Å². The summed E-state index contributed by atoms with van der Waals surface area (Å²) in [7, 11) is 1.56. The van der Waals surface area contributed by atoms with Crippen molar-refractivity contribution in [2.24, 2.45) is 0 Å². The average Bonchev–Trinajstić information content (AvgIpc) is 2.55. The van der Waals surface area contributed by atoms with Crippen LogP contribution in [0.3, 0.4) is 0 Å². The summed E-state index contributed by atoms with van der Waals surface area (Å²) >= 11 is 5.04. The fourth-order valence-electron chi connectivity index (χ4n) is 1.83. The first-order valence-corrected chi connectivity index (χ1v) is 6.92. The third-order valence-corrected chi connectivity index (χ3v) is 3.12. The normalized spacial score (nSPS) is 9.78. The molecule has 118 valence electrons. The van der Waals surface area contributed by atoms with Crippen molar-refractivity contribution < 1.29 is 14.5 Å². The number of nitro groups is 1. The van der Waals surface area contributed by atoms with Crippen molar-refractivity contribution in [3.63, 3.8) is 0 Å². The van der Waals surface area contributed by atoms with Crippen molar-refractivity contribution >= 4 is 34.6 Å². The van der Waals surface area contributed by atoms with Crippen LogP contribution >= 0.6 is 12.2 Å². The molecule has 2 rings (SSSR count). The second-order valence-electron chi connectivity index (χ2n) is 4.41. The first-order valence-electron chi connectivity index (χ1n) is 6.51. The summed E-state index contributed by atoms with van der Waals surface area (Å²) in [6.07, 6.45) is 0. The van der Waals surface area contributed by atoms with Crippen LogP contribution in [-0.2, 0) is 0 Å². The number of methoxy groups -OCH3 is 1. The van der Waals surface area contributed by atoms with Crippen molar-refractivity contribution in [2.75, 3.05) is 12.4 Å². The maximum atomic E-state index is 12.1. The molecule has 0 aliphatic rings. The van der Waals surface area contributed by atoms with Crippen LogP contribution in [0.4, 0.5) is 11.4 Å². The van der Waals surface area contributed by atoms with Crippen molar-refractivity contribution in [2.45, 2.75) is 0 Å². The molecular weight excluding hydrogens is 318 g/mol. The number of nitrogens with zero attached hydrogens (tertiary/aromatic N) is 1. The second-order valence-corrected chi connectivity index (χ2v) is 4.82. The highest BCUT2D eigenvalue weighted by molar-refractivity contribution is 7.80. The molecule has 0 spiro atoms. The Morgan fingerprint density at radius 2 is 1.83 bits per heavy atom. The minimum atomic E-state index is -0.650.